The van der Waals surface area contributed by atoms with Crippen LogP contribution >= 0.6 is 0 Å². The number of hydrogen-bond acceptors (Lipinski definition) is 7. The predicted molar refractivity (Wildman–Crippen MR) is 99.2 cm³/mol. The maximum absolute atomic E-state index is 12.2. The van der Waals surface area contributed by atoms with Gasteiger partial charge in [0.05, 0.1) is 6.61 Å². The number of phenolic OH excluding ortho intramolecular Hbond substituents is 2. The standard InChI is InChI=1S/C20H23NO7/c1-3-28-15-6-4-5-13(9-15)11-20(26,12-18(24)19(25)21(2)27)14-7-8-16(22)17(23)10-14/h4-10,22-23,26-27H,3,11-12H2,1-2H3. The van der Waals surface area contributed by atoms with E-state index in [1.165, 1.54) is 12.1 Å². The minimum absolute atomic E-state index is 0.0771. The first-order valence-electron chi connectivity index (χ1n) is 8.62. The molecule has 0 heterocycles. The van der Waals surface area contributed by atoms with Crippen LogP contribution in [0, 0.1) is 0 Å². The minimum Gasteiger partial charge on any atom is -0.504 e. The molecule has 8 nitrogen and oxygen atoms in total. The van der Waals surface area contributed by atoms with Gasteiger partial charge in [-0.3, -0.25) is 14.8 Å². The maximum atomic E-state index is 12.2. The number of Topliss-reactive ketones (excluding diaryl/α,β-unsaturated/α-hetero) is 1. The summed E-state index contributed by atoms with van der Waals surface area (Å²) < 4.78 is 5.44. The lowest BCUT2D eigenvalue weighted by atomic mass is 9.82. The second-order valence-corrected chi connectivity index (χ2v) is 6.42. The lowest BCUT2D eigenvalue weighted by Crippen LogP contribution is -2.38. The van der Waals surface area contributed by atoms with E-state index in [2.05, 4.69) is 0 Å². The van der Waals surface area contributed by atoms with Gasteiger partial charge in [-0.25, -0.2) is 5.06 Å². The molecule has 0 bridgehead atoms. The maximum Gasteiger partial charge on any atom is 0.313 e. The molecule has 2 rings (SSSR count). The van der Waals surface area contributed by atoms with Crippen LogP contribution in [0.25, 0.3) is 0 Å². The topological polar surface area (TPSA) is 128 Å². The van der Waals surface area contributed by atoms with Gasteiger partial charge < -0.3 is 20.1 Å². The summed E-state index contributed by atoms with van der Waals surface area (Å²) in [5, 5.41) is 40.0. The van der Waals surface area contributed by atoms with Crippen molar-refractivity contribution in [3.05, 3.63) is 53.6 Å². The Morgan fingerprint density at radius 1 is 1.11 bits per heavy atom. The molecule has 0 aliphatic carbocycles. The molecule has 8 heteroatoms. The van der Waals surface area contributed by atoms with Crippen molar-refractivity contribution in [1.82, 2.24) is 5.06 Å². The zero-order valence-corrected chi connectivity index (χ0v) is 15.6. The van der Waals surface area contributed by atoms with E-state index in [1.54, 1.807) is 24.3 Å². The number of aromatic hydroxyl groups is 2. The summed E-state index contributed by atoms with van der Waals surface area (Å²) in [5.41, 5.74) is -1.12. The van der Waals surface area contributed by atoms with Gasteiger partial charge >= 0.3 is 5.91 Å². The fourth-order valence-corrected chi connectivity index (χ4v) is 2.85. The third-order valence-corrected chi connectivity index (χ3v) is 4.20. The summed E-state index contributed by atoms with van der Waals surface area (Å²) in [6, 6.07) is 10.5. The molecule has 1 unspecified atom stereocenters. The van der Waals surface area contributed by atoms with Gasteiger partial charge in [0, 0.05) is 19.9 Å². The number of carbonyl (C=O) groups is 2. The van der Waals surface area contributed by atoms with Gasteiger partial charge in [-0.05, 0) is 42.3 Å². The van der Waals surface area contributed by atoms with Crippen molar-refractivity contribution in [3.63, 3.8) is 0 Å². The van der Waals surface area contributed by atoms with Gasteiger partial charge in [0.25, 0.3) is 0 Å². The number of ketones is 1. The van der Waals surface area contributed by atoms with Crippen LogP contribution in [-0.2, 0) is 21.6 Å². The zero-order valence-electron chi connectivity index (χ0n) is 15.6. The first-order chi connectivity index (χ1) is 13.2. The quantitative estimate of drug-likeness (QED) is 0.234. The number of carbonyl (C=O) groups excluding carboxylic acids is 2. The van der Waals surface area contributed by atoms with Gasteiger partial charge in [0.1, 0.15) is 11.4 Å². The number of hydroxylamine groups is 2. The third-order valence-electron chi connectivity index (χ3n) is 4.20. The third kappa shape index (κ3) is 4.99. The number of amides is 1. The molecule has 2 aromatic carbocycles. The Labute approximate surface area is 162 Å². The van der Waals surface area contributed by atoms with Gasteiger partial charge in [0.15, 0.2) is 11.5 Å². The van der Waals surface area contributed by atoms with E-state index in [0.29, 0.717) is 17.9 Å². The van der Waals surface area contributed by atoms with E-state index in [0.717, 1.165) is 13.1 Å². The normalized spacial score (nSPS) is 12.9. The summed E-state index contributed by atoms with van der Waals surface area (Å²) in [6.45, 7) is 2.29. The predicted octanol–water partition coefficient (Wildman–Crippen LogP) is 1.73. The van der Waals surface area contributed by atoms with Crippen molar-refractivity contribution in [2.75, 3.05) is 13.7 Å². The fraction of sp³-hybridized carbons (Fsp3) is 0.300. The molecule has 1 atom stereocenters. The van der Waals surface area contributed by atoms with E-state index >= 15 is 0 Å². The molecule has 0 radical (unpaired) electrons. The number of phenols is 2. The summed E-state index contributed by atoms with van der Waals surface area (Å²) in [4.78, 5) is 24.0. The second kappa shape index (κ2) is 8.73. The molecule has 0 aromatic heterocycles. The van der Waals surface area contributed by atoms with E-state index in [-0.39, 0.29) is 22.8 Å². The number of ether oxygens (including phenoxy) is 1. The van der Waals surface area contributed by atoms with E-state index in [4.69, 9.17) is 4.74 Å². The molecule has 28 heavy (non-hydrogen) atoms. The Kier molecular flexibility index (Phi) is 6.61. The van der Waals surface area contributed by atoms with Gasteiger partial charge in [-0.2, -0.15) is 0 Å². The van der Waals surface area contributed by atoms with Crippen LogP contribution in [-0.4, -0.2) is 50.9 Å². The number of likely N-dealkylation sites (N-methyl/N-ethyl adjacent to an activating group) is 1. The van der Waals surface area contributed by atoms with Crippen LogP contribution < -0.4 is 4.74 Å². The SMILES string of the molecule is CCOc1cccc(CC(O)(CC(=O)C(=O)N(C)O)c2ccc(O)c(O)c2)c1. The highest BCUT2D eigenvalue weighted by Crippen LogP contribution is 2.35. The molecule has 150 valence electrons. The van der Waals surface area contributed by atoms with Crippen molar-refractivity contribution in [2.45, 2.75) is 25.4 Å². The lowest BCUT2D eigenvalue weighted by molar-refractivity contribution is -0.167. The molecule has 4 N–H and O–H groups in total. The van der Waals surface area contributed by atoms with Crippen molar-refractivity contribution in [3.8, 4) is 17.2 Å². The van der Waals surface area contributed by atoms with Crippen LogP contribution in [0.4, 0.5) is 0 Å². The highest BCUT2D eigenvalue weighted by atomic mass is 16.5. The monoisotopic (exact) mass is 389 g/mol. The van der Waals surface area contributed by atoms with E-state index in [9.17, 15) is 30.1 Å². The average molecular weight is 389 g/mol. The first-order valence-corrected chi connectivity index (χ1v) is 8.62. The summed E-state index contributed by atoms with van der Waals surface area (Å²) in [7, 11) is 1.01. The average Bonchev–Trinajstić information content (AvgIpc) is 2.63. The number of nitrogens with zero attached hydrogens (tertiary/aromatic N) is 1. The van der Waals surface area contributed by atoms with Crippen molar-refractivity contribution in [1.29, 1.82) is 0 Å². The molecule has 2 aromatic rings. The molecule has 1 amide bonds. The Hall–Kier alpha value is -3.10. The summed E-state index contributed by atoms with van der Waals surface area (Å²) >= 11 is 0. The van der Waals surface area contributed by atoms with Crippen molar-refractivity contribution >= 4 is 11.7 Å². The Balaban J connectivity index is 2.43. The van der Waals surface area contributed by atoms with Crippen molar-refractivity contribution in [2.24, 2.45) is 0 Å². The van der Waals surface area contributed by atoms with Crippen molar-refractivity contribution < 1.29 is 34.9 Å². The number of benzene rings is 2. The van der Waals surface area contributed by atoms with Crippen LogP contribution in [0.1, 0.15) is 24.5 Å². The lowest BCUT2D eigenvalue weighted by Gasteiger charge is -2.29. The Morgan fingerprint density at radius 2 is 1.82 bits per heavy atom. The van der Waals surface area contributed by atoms with Crippen LogP contribution in [0.5, 0.6) is 17.2 Å². The van der Waals surface area contributed by atoms with E-state index in [1.807, 2.05) is 6.92 Å². The number of aliphatic hydroxyl groups is 1. The Morgan fingerprint density at radius 3 is 2.43 bits per heavy atom. The van der Waals surface area contributed by atoms with Crippen LogP contribution in [0.15, 0.2) is 42.5 Å². The van der Waals surface area contributed by atoms with Gasteiger partial charge in [0.2, 0.25) is 5.78 Å². The molecule has 0 spiro atoms. The summed E-state index contributed by atoms with van der Waals surface area (Å²) in [6.07, 6.45) is -0.716. The molecule has 0 saturated heterocycles. The zero-order chi connectivity index (χ0) is 20.9. The highest BCUT2D eigenvalue weighted by Gasteiger charge is 2.36. The smallest absolute Gasteiger partial charge is 0.313 e. The minimum atomic E-state index is -1.88. The van der Waals surface area contributed by atoms with Crippen LogP contribution in [0.2, 0.25) is 0 Å². The van der Waals surface area contributed by atoms with Gasteiger partial charge in [-0.1, -0.05) is 18.2 Å². The Bertz CT molecular complexity index is 865. The van der Waals surface area contributed by atoms with Gasteiger partial charge in [-0.15, -0.1) is 0 Å². The molecular formula is C20H23NO7. The molecule has 0 saturated carbocycles. The number of hydrogen-bond donors (Lipinski definition) is 4. The first kappa shape index (κ1) is 21.2. The van der Waals surface area contributed by atoms with E-state index < -0.39 is 29.5 Å². The van der Waals surface area contributed by atoms with Crippen LogP contribution in [0.3, 0.4) is 0 Å². The molecule has 0 aliphatic heterocycles. The highest BCUT2D eigenvalue weighted by molar-refractivity contribution is 6.35. The summed E-state index contributed by atoms with van der Waals surface area (Å²) in [5.74, 6) is -2.47. The molecular weight excluding hydrogens is 366 g/mol. The second-order valence-electron chi connectivity index (χ2n) is 6.42. The fourth-order valence-electron chi connectivity index (χ4n) is 2.85. The molecule has 0 fully saturated rings. The number of rotatable bonds is 8. The largest absolute Gasteiger partial charge is 0.504 e. The molecule has 0 aliphatic rings.